The van der Waals surface area contributed by atoms with E-state index in [4.69, 9.17) is 0 Å². The number of hydrogen-bond acceptors (Lipinski definition) is 5. The van der Waals surface area contributed by atoms with Crippen molar-refractivity contribution >= 4 is 11.0 Å². The molecule has 0 spiro atoms. The lowest BCUT2D eigenvalue weighted by molar-refractivity contribution is 0.113. The molecule has 1 fully saturated rings. The summed E-state index contributed by atoms with van der Waals surface area (Å²) in [6.07, 6.45) is 6.49. The fourth-order valence-electron chi connectivity index (χ4n) is 5.13. The number of aromatic amines is 1. The van der Waals surface area contributed by atoms with Crippen LogP contribution >= 0.6 is 0 Å². The number of hydrogen-bond donors (Lipinski definition) is 1. The summed E-state index contributed by atoms with van der Waals surface area (Å²) >= 11 is 0. The second kappa shape index (κ2) is 6.88. The highest BCUT2D eigenvalue weighted by Gasteiger charge is 2.35. The maximum absolute atomic E-state index is 12.9. The highest BCUT2D eigenvalue weighted by atomic mass is 16.1. The molecule has 6 heterocycles. The second-order valence-electron chi connectivity index (χ2n) is 8.43. The lowest BCUT2D eigenvalue weighted by atomic mass is 9.82. The molecule has 4 aromatic heterocycles. The van der Waals surface area contributed by atoms with Gasteiger partial charge in [-0.25, -0.2) is 4.98 Å². The lowest BCUT2D eigenvalue weighted by Crippen LogP contribution is -2.46. The summed E-state index contributed by atoms with van der Waals surface area (Å²) in [7, 11) is 0. The van der Waals surface area contributed by atoms with Crippen molar-refractivity contribution in [2.75, 3.05) is 13.1 Å². The maximum atomic E-state index is 12.9. The first-order valence-electron chi connectivity index (χ1n) is 10.4. The van der Waals surface area contributed by atoms with E-state index in [0.717, 1.165) is 66.1 Å². The van der Waals surface area contributed by atoms with Crippen LogP contribution in [0.3, 0.4) is 0 Å². The molecule has 0 unspecified atom stereocenters. The quantitative estimate of drug-likeness (QED) is 0.574. The average molecular weight is 398 g/mol. The number of H-pyrrole nitrogens is 1. The van der Waals surface area contributed by atoms with Gasteiger partial charge in [0, 0.05) is 73.4 Å². The predicted octanol–water partition coefficient (Wildman–Crippen LogP) is 2.80. The second-order valence-corrected chi connectivity index (χ2v) is 8.43. The Balaban J connectivity index is 1.32. The van der Waals surface area contributed by atoms with Gasteiger partial charge in [-0.3, -0.25) is 19.8 Å². The van der Waals surface area contributed by atoms with Crippen molar-refractivity contribution in [2.45, 2.75) is 25.4 Å². The Morgan fingerprint density at radius 2 is 2.00 bits per heavy atom. The van der Waals surface area contributed by atoms with Crippen LogP contribution in [0.25, 0.3) is 22.2 Å². The Labute approximate surface area is 173 Å². The van der Waals surface area contributed by atoms with E-state index in [1.807, 2.05) is 29.0 Å². The Morgan fingerprint density at radius 3 is 2.90 bits per heavy atom. The number of nitrogens with one attached hydrogen (secondary N) is 1. The molecule has 7 nitrogen and oxygen atoms in total. The van der Waals surface area contributed by atoms with Crippen molar-refractivity contribution in [3.05, 3.63) is 76.7 Å². The first kappa shape index (κ1) is 17.5. The number of likely N-dealkylation sites (tertiary alicyclic amines) is 1. The molecule has 2 bridgehead atoms. The zero-order chi connectivity index (χ0) is 20.1. The molecule has 2 aliphatic heterocycles. The van der Waals surface area contributed by atoms with Gasteiger partial charge in [-0.15, -0.1) is 0 Å². The molecule has 150 valence electrons. The Morgan fingerprint density at radius 1 is 1.07 bits per heavy atom. The topological polar surface area (TPSA) is 79.7 Å². The Bertz CT molecular complexity index is 1280. The summed E-state index contributed by atoms with van der Waals surface area (Å²) in [6.45, 7) is 3.54. The van der Waals surface area contributed by atoms with Crippen LogP contribution in [0, 0.1) is 5.92 Å². The minimum absolute atomic E-state index is 0.0974. The van der Waals surface area contributed by atoms with Gasteiger partial charge in [0.15, 0.2) is 5.65 Å². The van der Waals surface area contributed by atoms with E-state index in [-0.39, 0.29) is 5.56 Å². The highest BCUT2D eigenvalue weighted by molar-refractivity contribution is 5.77. The minimum Gasteiger partial charge on any atom is -0.312 e. The summed E-state index contributed by atoms with van der Waals surface area (Å²) in [4.78, 5) is 23.9. The summed E-state index contributed by atoms with van der Waals surface area (Å²) < 4.78 is 1.99. The predicted molar refractivity (Wildman–Crippen MR) is 114 cm³/mol. The molecule has 1 saturated heterocycles. The summed E-state index contributed by atoms with van der Waals surface area (Å²) in [5.74, 6) is 0.847. The molecule has 0 aliphatic carbocycles. The molecule has 6 rings (SSSR count). The number of pyridine rings is 3. The van der Waals surface area contributed by atoms with Crippen LogP contribution in [0.4, 0.5) is 0 Å². The van der Waals surface area contributed by atoms with Crippen LogP contribution in [-0.2, 0) is 13.1 Å². The van der Waals surface area contributed by atoms with E-state index in [0.29, 0.717) is 11.8 Å². The average Bonchev–Trinajstić information content (AvgIpc) is 3.18. The molecule has 30 heavy (non-hydrogen) atoms. The minimum atomic E-state index is 0.0974. The third-order valence-corrected chi connectivity index (χ3v) is 6.42. The van der Waals surface area contributed by atoms with Gasteiger partial charge in [-0.2, -0.15) is 5.10 Å². The molecule has 0 aromatic carbocycles. The number of piperidine rings is 1. The molecular formula is C23H22N6O. The normalized spacial score (nSPS) is 20.9. The Hall–Kier alpha value is -3.32. The molecule has 2 atom stereocenters. The van der Waals surface area contributed by atoms with Gasteiger partial charge < -0.3 is 4.57 Å². The molecule has 0 saturated carbocycles. The number of aromatic nitrogens is 5. The van der Waals surface area contributed by atoms with E-state index in [9.17, 15) is 4.79 Å². The van der Waals surface area contributed by atoms with Gasteiger partial charge >= 0.3 is 0 Å². The molecule has 2 aliphatic rings. The van der Waals surface area contributed by atoms with Crippen molar-refractivity contribution in [1.82, 2.24) is 29.6 Å². The molecule has 1 N–H and O–H groups in total. The van der Waals surface area contributed by atoms with Gasteiger partial charge in [0.25, 0.3) is 5.56 Å². The van der Waals surface area contributed by atoms with Gasteiger partial charge in [-0.05, 0) is 42.2 Å². The maximum Gasteiger partial charge on any atom is 0.251 e. The summed E-state index contributed by atoms with van der Waals surface area (Å²) in [5.41, 5.74) is 5.07. The van der Waals surface area contributed by atoms with Gasteiger partial charge in [0.05, 0.1) is 5.69 Å². The van der Waals surface area contributed by atoms with Crippen molar-refractivity contribution in [3.8, 4) is 11.1 Å². The van der Waals surface area contributed by atoms with E-state index in [2.05, 4.69) is 37.2 Å². The molecular weight excluding hydrogens is 376 g/mol. The first-order chi connectivity index (χ1) is 14.7. The Kier molecular flexibility index (Phi) is 4.02. The van der Waals surface area contributed by atoms with Crippen LogP contribution in [0.5, 0.6) is 0 Å². The fourth-order valence-corrected chi connectivity index (χ4v) is 5.13. The zero-order valence-corrected chi connectivity index (χ0v) is 16.5. The van der Waals surface area contributed by atoms with E-state index < -0.39 is 0 Å². The largest absolute Gasteiger partial charge is 0.312 e. The lowest BCUT2D eigenvalue weighted by Gasteiger charge is -2.42. The number of rotatable bonds is 3. The smallest absolute Gasteiger partial charge is 0.251 e. The van der Waals surface area contributed by atoms with Crippen LogP contribution in [0.2, 0.25) is 0 Å². The van der Waals surface area contributed by atoms with Crippen LogP contribution < -0.4 is 5.56 Å². The SMILES string of the molecule is O=c1cc(-c2cccnc2)cc2n1C[C@H]1C[C@@H]2CN(Cc2[nH]nc3ncccc23)C1. The standard InChI is InChI=1S/C23H22N6O/c30-22-9-17(16-3-1-5-24-10-16)8-21-18-7-15(12-29(21)22)11-28(13-18)14-20-19-4-2-6-25-23(19)27-26-20/h1-6,8-10,15,18H,7,11-14H2,(H,25,26,27)/t15-,18+/m0/s1. The zero-order valence-electron chi connectivity index (χ0n) is 16.5. The number of fused-ring (bicyclic) bond motifs is 5. The van der Waals surface area contributed by atoms with Crippen molar-refractivity contribution < 1.29 is 0 Å². The van der Waals surface area contributed by atoms with Crippen molar-refractivity contribution in [2.24, 2.45) is 5.92 Å². The van der Waals surface area contributed by atoms with E-state index in [1.165, 1.54) is 0 Å². The van der Waals surface area contributed by atoms with Gasteiger partial charge in [-0.1, -0.05) is 6.07 Å². The molecule has 0 amide bonds. The third kappa shape index (κ3) is 2.93. The van der Waals surface area contributed by atoms with Gasteiger partial charge in [0.2, 0.25) is 0 Å². The molecule has 0 radical (unpaired) electrons. The number of nitrogens with zero attached hydrogens (tertiary/aromatic N) is 5. The fraction of sp³-hybridized carbons (Fsp3) is 0.304. The monoisotopic (exact) mass is 398 g/mol. The highest BCUT2D eigenvalue weighted by Crippen LogP contribution is 2.37. The van der Waals surface area contributed by atoms with Crippen LogP contribution in [0.15, 0.2) is 59.8 Å². The van der Waals surface area contributed by atoms with Crippen LogP contribution in [-0.4, -0.2) is 42.7 Å². The first-order valence-corrected chi connectivity index (χ1v) is 10.4. The van der Waals surface area contributed by atoms with Crippen molar-refractivity contribution in [1.29, 1.82) is 0 Å². The molecule has 7 heteroatoms. The van der Waals surface area contributed by atoms with Gasteiger partial charge in [0.1, 0.15) is 0 Å². The van der Waals surface area contributed by atoms with E-state index in [1.54, 1.807) is 18.5 Å². The van der Waals surface area contributed by atoms with Crippen molar-refractivity contribution in [3.63, 3.8) is 0 Å². The summed E-state index contributed by atoms with van der Waals surface area (Å²) in [5, 5.41) is 8.59. The summed E-state index contributed by atoms with van der Waals surface area (Å²) in [6, 6.07) is 11.9. The van der Waals surface area contributed by atoms with E-state index >= 15 is 0 Å². The molecule has 4 aromatic rings. The van der Waals surface area contributed by atoms with Crippen LogP contribution in [0.1, 0.15) is 23.7 Å². The third-order valence-electron chi connectivity index (χ3n) is 6.42.